The Morgan fingerprint density at radius 1 is 1.24 bits per heavy atom. The third kappa shape index (κ3) is 4.60. The summed E-state index contributed by atoms with van der Waals surface area (Å²) in [5.74, 6) is 0.580. The SMILES string of the molecule is Cc1nc2ncnn2c(C)c1CCC(=O)Nc1cccc(CN2CCOCC2)c1. The van der Waals surface area contributed by atoms with Crippen molar-refractivity contribution in [2.45, 2.75) is 33.2 Å². The van der Waals surface area contributed by atoms with Gasteiger partial charge in [-0.15, -0.1) is 0 Å². The summed E-state index contributed by atoms with van der Waals surface area (Å²) in [6.07, 6.45) is 2.49. The Balaban J connectivity index is 1.37. The number of rotatable bonds is 6. The lowest BCUT2D eigenvalue weighted by Crippen LogP contribution is -2.35. The highest BCUT2D eigenvalue weighted by atomic mass is 16.5. The molecule has 2 aromatic heterocycles. The first-order valence-corrected chi connectivity index (χ1v) is 9.95. The van der Waals surface area contributed by atoms with Gasteiger partial charge in [-0.25, -0.2) is 9.50 Å². The summed E-state index contributed by atoms with van der Waals surface area (Å²) in [6.45, 7) is 8.26. The number of ether oxygens (including phenoxy) is 1. The van der Waals surface area contributed by atoms with Crippen molar-refractivity contribution in [2.24, 2.45) is 0 Å². The largest absolute Gasteiger partial charge is 0.379 e. The summed E-state index contributed by atoms with van der Waals surface area (Å²) >= 11 is 0. The van der Waals surface area contributed by atoms with Crippen molar-refractivity contribution in [3.05, 3.63) is 53.1 Å². The quantitative estimate of drug-likeness (QED) is 0.690. The number of anilines is 1. The Morgan fingerprint density at radius 2 is 2.07 bits per heavy atom. The summed E-state index contributed by atoms with van der Waals surface area (Å²) in [4.78, 5) is 23.5. The van der Waals surface area contributed by atoms with Crippen molar-refractivity contribution >= 4 is 17.4 Å². The van der Waals surface area contributed by atoms with Gasteiger partial charge < -0.3 is 10.1 Å². The van der Waals surface area contributed by atoms with E-state index in [4.69, 9.17) is 4.74 Å². The molecule has 152 valence electrons. The predicted octanol–water partition coefficient (Wildman–Crippen LogP) is 2.14. The molecule has 1 aliphatic heterocycles. The van der Waals surface area contributed by atoms with Crippen molar-refractivity contribution in [2.75, 3.05) is 31.6 Å². The van der Waals surface area contributed by atoms with Crippen molar-refractivity contribution < 1.29 is 9.53 Å². The molecule has 0 aliphatic carbocycles. The van der Waals surface area contributed by atoms with E-state index in [0.29, 0.717) is 18.6 Å². The van der Waals surface area contributed by atoms with E-state index in [0.717, 1.165) is 55.5 Å². The van der Waals surface area contributed by atoms with E-state index in [9.17, 15) is 4.79 Å². The van der Waals surface area contributed by atoms with Crippen molar-refractivity contribution in [3.63, 3.8) is 0 Å². The fraction of sp³-hybridized carbons (Fsp3) is 0.429. The molecule has 1 amide bonds. The van der Waals surface area contributed by atoms with Crippen LogP contribution in [0.4, 0.5) is 5.69 Å². The third-order valence-corrected chi connectivity index (χ3v) is 5.31. The van der Waals surface area contributed by atoms with Gasteiger partial charge in [0.2, 0.25) is 5.91 Å². The van der Waals surface area contributed by atoms with Crippen LogP contribution in [-0.4, -0.2) is 56.7 Å². The summed E-state index contributed by atoms with van der Waals surface area (Å²) < 4.78 is 7.12. The lowest BCUT2D eigenvalue weighted by atomic mass is 10.1. The average molecular weight is 394 g/mol. The van der Waals surface area contributed by atoms with Gasteiger partial charge in [0.1, 0.15) is 6.33 Å². The molecular weight excluding hydrogens is 368 g/mol. The van der Waals surface area contributed by atoms with Crippen molar-refractivity contribution in [1.29, 1.82) is 0 Å². The van der Waals surface area contributed by atoms with E-state index in [1.807, 2.05) is 32.0 Å². The smallest absolute Gasteiger partial charge is 0.252 e. The molecule has 29 heavy (non-hydrogen) atoms. The number of carbonyl (C=O) groups excluding carboxylic acids is 1. The minimum atomic E-state index is -0.00832. The highest BCUT2D eigenvalue weighted by molar-refractivity contribution is 5.90. The predicted molar refractivity (Wildman–Crippen MR) is 110 cm³/mol. The molecule has 1 aliphatic rings. The fourth-order valence-corrected chi connectivity index (χ4v) is 3.74. The van der Waals surface area contributed by atoms with Gasteiger partial charge in [-0.2, -0.15) is 10.1 Å². The lowest BCUT2D eigenvalue weighted by molar-refractivity contribution is -0.116. The maximum absolute atomic E-state index is 12.5. The Bertz CT molecular complexity index is 1010. The molecule has 4 rings (SSSR count). The molecule has 0 radical (unpaired) electrons. The van der Waals surface area contributed by atoms with Crippen molar-refractivity contribution in [3.8, 4) is 0 Å². The Morgan fingerprint density at radius 3 is 2.90 bits per heavy atom. The zero-order valence-corrected chi connectivity index (χ0v) is 16.9. The number of hydrogen-bond acceptors (Lipinski definition) is 6. The number of fused-ring (bicyclic) bond motifs is 1. The Hall–Kier alpha value is -2.84. The summed E-state index contributed by atoms with van der Waals surface area (Å²) in [5.41, 5.74) is 4.93. The fourth-order valence-electron chi connectivity index (χ4n) is 3.74. The van der Waals surface area contributed by atoms with E-state index in [1.165, 1.54) is 11.9 Å². The minimum Gasteiger partial charge on any atom is -0.379 e. The normalized spacial score (nSPS) is 15.0. The number of amides is 1. The van der Waals surface area contributed by atoms with E-state index >= 15 is 0 Å². The van der Waals surface area contributed by atoms with Crippen LogP contribution in [0.25, 0.3) is 5.78 Å². The zero-order chi connectivity index (χ0) is 20.2. The van der Waals surface area contributed by atoms with Gasteiger partial charge in [-0.05, 0) is 43.5 Å². The van der Waals surface area contributed by atoms with Crippen LogP contribution >= 0.6 is 0 Å². The van der Waals surface area contributed by atoms with Gasteiger partial charge in [0.05, 0.1) is 13.2 Å². The minimum absolute atomic E-state index is 0.00832. The number of aryl methyl sites for hydroxylation is 2. The van der Waals surface area contributed by atoms with Gasteiger partial charge in [0.25, 0.3) is 5.78 Å². The molecule has 1 saturated heterocycles. The molecule has 3 aromatic rings. The Kier molecular flexibility index (Phi) is 5.82. The maximum Gasteiger partial charge on any atom is 0.252 e. The second kappa shape index (κ2) is 8.67. The first-order chi connectivity index (χ1) is 14.1. The number of benzene rings is 1. The summed E-state index contributed by atoms with van der Waals surface area (Å²) in [6, 6.07) is 8.06. The first-order valence-electron chi connectivity index (χ1n) is 9.95. The molecule has 0 saturated carbocycles. The van der Waals surface area contributed by atoms with Gasteiger partial charge in [0, 0.05) is 43.1 Å². The van der Waals surface area contributed by atoms with E-state index in [2.05, 4.69) is 31.3 Å². The third-order valence-electron chi connectivity index (χ3n) is 5.31. The molecule has 3 heterocycles. The number of nitrogens with zero attached hydrogens (tertiary/aromatic N) is 5. The van der Waals surface area contributed by atoms with Crippen LogP contribution in [0, 0.1) is 13.8 Å². The summed E-state index contributed by atoms with van der Waals surface area (Å²) in [7, 11) is 0. The second-order valence-corrected chi connectivity index (χ2v) is 7.37. The Labute approximate surface area is 169 Å². The number of morpholine rings is 1. The molecular formula is C21H26N6O2. The molecule has 1 fully saturated rings. The van der Waals surface area contributed by atoms with Crippen LogP contribution < -0.4 is 5.32 Å². The first kappa shape index (κ1) is 19.5. The molecule has 0 atom stereocenters. The van der Waals surface area contributed by atoms with Gasteiger partial charge in [0.15, 0.2) is 0 Å². The van der Waals surface area contributed by atoms with Crippen LogP contribution in [0.1, 0.15) is 28.9 Å². The highest BCUT2D eigenvalue weighted by Gasteiger charge is 2.14. The van der Waals surface area contributed by atoms with E-state index in [1.54, 1.807) is 4.52 Å². The van der Waals surface area contributed by atoms with Gasteiger partial charge in [-0.1, -0.05) is 12.1 Å². The van der Waals surface area contributed by atoms with Crippen LogP contribution in [0.3, 0.4) is 0 Å². The average Bonchev–Trinajstić information content (AvgIpc) is 3.17. The number of aromatic nitrogens is 4. The molecule has 8 heteroatoms. The molecule has 0 unspecified atom stereocenters. The molecule has 1 aromatic carbocycles. The zero-order valence-electron chi connectivity index (χ0n) is 16.9. The van der Waals surface area contributed by atoms with Crippen LogP contribution in [-0.2, 0) is 22.5 Å². The lowest BCUT2D eigenvalue weighted by Gasteiger charge is -2.26. The van der Waals surface area contributed by atoms with E-state index in [-0.39, 0.29) is 5.91 Å². The van der Waals surface area contributed by atoms with Gasteiger partial charge >= 0.3 is 0 Å². The molecule has 0 spiro atoms. The molecule has 0 bridgehead atoms. The second-order valence-electron chi connectivity index (χ2n) is 7.37. The highest BCUT2D eigenvalue weighted by Crippen LogP contribution is 2.17. The van der Waals surface area contributed by atoms with E-state index < -0.39 is 0 Å². The number of hydrogen-bond donors (Lipinski definition) is 1. The molecule has 1 N–H and O–H groups in total. The van der Waals surface area contributed by atoms with Crippen LogP contribution in [0.2, 0.25) is 0 Å². The van der Waals surface area contributed by atoms with Crippen molar-refractivity contribution in [1.82, 2.24) is 24.5 Å². The summed E-state index contributed by atoms with van der Waals surface area (Å²) in [5, 5.41) is 7.23. The van der Waals surface area contributed by atoms with Crippen LogP contribution in [0.5, 0.6) is 0 Å². The standard InChI is InChI=1S/C21H26N6O2/c1-15-19(16(2)27-21(24-15)22-14-23-27)6-7-20(28)25-18-5-3-4-17(12-18)13-26-8-10-29-11-9-26/h3-5,12,14H,6-11,13H2,1-2H3,(H,25,28). The number of carbonyl (C=O) groups is 1. The van der Waals surface area contributed by atoms with Crippen LogP contribution in [0.15, 0.2) is 30.6 Å². The number of nitrogens with one attached hydrogen (secondary N) is 1. The topological polar surface area (TPSA) is 84.6 Å². The monoisotopic (exact) mass is 394 g/mol. The van der Waals surface area contributed by atoms with Gasteiger partial charge in [-0.3, -0.25) is 9.69 Å². The molecule has 8 nitrogen and oxygen atoms in total. The maximum atomic E-state index is 12.5.